The van der Waals surface area contributed by atoms with E-state index in [1.807, 2.05) is 23.1 Å². The second kappa shape index (κ2) is 6.33. The molecule has 8 nitrogen and oxygen atoms in total. The van der Waals surface area contributed by atoms with Crippen LogP contribution in [0.25, 0.3) is 0 Å². The average molecular weight is 317 g/mol. The molecule has 2 N–H and O–H groups in total. The number of hydrogen-bond donors (Lipinski definition) is 2. The Morgan fingerprint density at radius 2 is 2.35 bits per heavy atom. The number of amides is 1. The molecule has 2 aromatic heterocycles. The first-order valence-corrected chi connectivity index (χ1v) is 7.49. The van der Waals surface area contributed by atoms with Gasteiger partial charge in [-0.1, -0.05) is 16.4 Å². The van der Waals surface area contributed by atoms with Crippen LogP contribution in [-0.4, -0.2) is 51.5 Å². The highest BCUT2D eigenvalue weighted by molar-refractivity contribution is 5.78. The summed E-state index contributed by atoms with van der Waals surface area (Å²) in [4.78, 5) is 18.3. The van der Waals surface area contributed by atoms with Gasteiger partial charge in [-0.15, -0.1) is 0 Å². The fraction of sp³-hybridized carbons (Fsp3) is 0.467. The number of nitrogens with one attached hydrogen (secondary N) is 1. The first-order chi connectivity index (χ1) is 11.1. The molecule has 0 aliphatic carbocycles. The highest BCUT2D eigenvalue weighted by Gasteiger charge is 2.36. The van der Waals surface area contributed by atoms with Gasteiger partial charge in [-0.25, -0.2) is 9.61 Å². The Morgan fingerprint density at radius 3 is 3.04 bits per heavy atom. The molecular weight excluding hydrogens is 298 g/mol. The lowest BCUT2D eigenvalue weighted by atomic mass is 10.0. The van der Waals surface area contributed by atoms with Gasteiger partial charge < -0.3 is 15.3 Å². The van der Waals surface area contributed by atoms with Crippen LogP contribution in [-0.2, 0) is 11.2 Å². The Kier molecular flexibility index (Phi) is 4.24. The van der Waals surface area contributed by atoms with E-state index in [0.717, 1.165) is 5.82 Å². The van der Waals surface area contributed by atoms with Gasteiger partial charge in [-0.3, -0.25) is 4.79 Å². The molecule has 0 unspecified atom stereocenters. The Labute approximate surface area is 133 Å². The molecule has 1 aliphatic rings. The van der Waals surface area contributed by atoms with Crippen LogP contribution >= 0.6 is 0 Å². The molecule has 0 spiro atoms. The van der Waals surface area contributed by atoms with Crippen LogP contribution in [0.3, 0.4) is 0 Å². The number of pyridine rings is 1. The quantitative estimate of drug-likeness (QED) is 0.804. The number of aryl methyl sites for hydroxylation is 1. The lowest BCUT2D eigenvalue weighted by Gasteiger charge is -2.24. The van der Waals surface area contributed by atoms with Crippen molar-refractivity contribution in [3.05, 3.63) is 35.8 Å². The van der Waals surface area contributed by atoms with E-state index in [1.165, 1.54) is 0 Å². The van der Waals surface area contributed by atoms with Crippen molar-refractivity contribution >= 4 is 11.7 Å². The summed E-state index contributed by atoms with van der Waals surface area (Å²) in [5, 5.41) is 20.7. The minimum Gasteiger partial charge on any atom is -0.386 e. The van der Waals surface area contributed by atoms with Crippen molar-refractivity contribution in [2.75, 3.05) is 24.5 Å². The standard InChI is InChI=1S/C15H19N5O3/c1-11-12(19-23-18-11)8-14(21)17-9-15(22)5-7-20(10-15)13-4-2-3-6-16-13/h2-4,6,22H,5,7-10H2,1H3,(H,17,21)/t15-/m0/s1. The molecule has 2 aromatic rings. The summed E-state index contributed by atoms with van der Waals surface area (Å²) >= 11 is 0. The van der Waals surface area contributed by atoms with E-state index in [-0.39, 0.29) is 18.9 Å². The molecule has 0 saturated carbocycles. The van der Waals surface area contributed by atoms with E-state index in [9.17, 15) is 9.90 Å². The Bertz CT molecular complexity index is 675. The highest BCUT2D eigenvalue weighted by atomic mass is 16.6. The van der Waals surface area contributed by atoms with Gasteiger partial charge in [0.1, 0.15) is 22.8 Å². The number of rotatable bonds is 5. The van der Waals surface area contributed by atoms with Crippen LogP contribution in [0.5, 0.6) is 0 Å². The Balaban J connectivity index is 1.52. The lowest BCUT2D eigenvalue weighted by molar-refractivity contribution is -0.121. The van der Waals surface area contributed by atoms with Crippen molar-refractivity contribution in [2.45, 2.75) is 25.4 Å². The van der Waals surface area contributed by atoms with Gasteiger partial charge in [0.25, 0.3) is 0 Å². The first kappa shape index (κ1) is 15.4. The minimum atomic E-state index is -0.954. The molecule has 1 atom stereocenters. The number of carbonyl (C=O) groups excluding carboxylic acids is 1. The van der Waals surface area contributed by atoms with Crippen LogP contribution in [0.1, 0.15) is 17.8 Å². The fourth-order valence-corrected chi connectivity index (χ4v) is 2.62. The van der Waals surface area contributed by atoms with Gasteiger partial charge in [0.05, 0.1) is 6.42 Å². The number of nitrogens with zero attached hydrogens (tertiary/aromatic N) is 4. The van der Waals surface area contributed by atoms with E-state index in [2.05, 4.69) is 25.2 Å². The predicted octanol–water partition coefficient (Wildman–Crippen LogP) is 0.0731. The summed E-state index contributed by atoms with van der Waals surface area (Å²) in [6.07, 6.45) is 2.40. The SMILES string of the molecule is Cc1nonc1CC(=O)NC[C@@]1(O)CCN(c2ccccn2)C1. The molecule has 1 fully saturated rings. The van der Waals surface area contributed by atoms with Crippen molar-refractivity contribution in [3.63, 3.8) is 0 Å². The smallest absolute Gasteiger partial charge is 0.226 e. The third-order valence-electron chi connectivity index (χ3n) is 3.99. The molecule has 0 bridgehead atoms. The monoisotopic (exact) mass is 317 g/mol. The summed E-state index contributed by atoms with van der Waals surface area (Å²) in [5.41, 5.74) is 0.154. The number of carbonyl (C=O) groups is 1. The number of hydrogen-bond acceptors (Lipinski definition) is 7. The molecule has 1 saturated heterocycles. The summed E-state index contributed by atoms with van der Waals surface area (Å²) in [5.74, 6) is 0.618. The Hall–Kier alpha value is -2.48. The van der Waals surface area contributed by atoms with Crippen molar-refractivity contribution in [3.8, 4) is 0 Å². The second-order valence-electron chi connectivity index (χ2n) is 5.83. The second-order valence-corrected chi connectivity index (χ2v) is 5.83. The van der Waals surface area contributed by atoms with E-state index < -0.39 is 5.60 Å². The molecule has 23 heavy (non-hydrogen) atoms. The predicted molar refractivity (Wildman–Crippen MR) is 81.8 cm³/mol. The zero-order chi connectivity index (χ0) is 16.3. The van der Waals surface area contributed by atoms with Crippen LogP contribution in [0, 0.1) is 6.92 Å². The van der Waals surface area contributed by atoms with Crippen molar-refractivity contribution in [1.82, 2.24) is 20.6 Å². The van der Waals surface area contributed by atoms with Gasteiger partial charge in [0, 0.05) is 25.8 Å². The third-order valence-corrected chi connectivity index (χ3v) is 3.99. The normalized spacial score (nSPS) is 20.7. The van der Waals surface area contributed by atoms with Gasteiger partial charge in [-0.2, -0.15) is 0 Å². The number of aliphatic hydroxyl groups is 1. The van der Waals surface area contributed by atoms with Crippen molar-refractivity contribution < 1.29 is 14.5 Å². The van der Waals surface area contributed by atoms with Crippen LogP contribution in [0.15, 0.2) is 29.0 Å². The highest BCUT2D eigenvalue weighted by Crippen LogP contribution is 2.24. The van der Waals surface area contributed by atoms with E-state index >= 15 is 0 Å². The van der Waals surface area contributed by atoms with E-state index in [0.29, 0.717) is 30.9 Å². The summed E-state index contributed by atoms with van der Waals surface area (Å²) in [7, 11) is 0. The minimum absolute atomic E-state index is 0.0926. The van der Waals surface area contributed by atoms with Gasteiger partial charge in [-0.05, 0) is 25.5 Å². The molecule has 0 aromatic carbocycles. The molecule has 3 heterocycles. The Morgan fingerprint density at radius 1 is 1.48 bits per heavy atom. The maximum Gasteiger partial charge on any atom is 0.226 e. The third kappa shape index (κ3) is 3.65. The van der Waals surface area contributed by atoms with Gasteiger partial charge >= 0.3 is 0 Å². The lowest BCUT2D eigenvalue weighted by Crippen LogP contribution is -2.45. The summed E-state index contributed by atoms with van der Waals surface area (Å²) in [6, 6.07) is 5.67. The van der Waals surface area contributed by atoms with E-state index in [1.54, 1.807) is 13.1 Å². The maximum atomic E-state index is 12.0. The number of β-amino-alcohol motifs (C(OH)–C–C–N with tert-alkyl or cyclic N) is 1. The molecule has 1 amide bonds. The molecule has 8 heteroatoms. The molecule has 0 radical (unpaired) electrons. The number of anilines is 1. The topological polar surface area (TPSA) is 104 Å². The van der Waals surface area contributed by atoms with Gasteiger partial charge in [0.2, 0.25) is 5.91 Å². The summed E-state index contributed by atoms with van der Waals surface area (Å²) < 4.78 is 4.56. The zero-order valence-electron chi connectivity index (χ0n) is 12.9. The van der Waals surface area contributed by atoms with Crippen LogP contribution in [0.4, 0.5) is 5.82 Å². The van der Waals surface area contributed by atoms with E-state index in [4.69, 9.17) is 0 Å². The average Bonchev–Trinajstić information content (AvgIpc) is 3.14. The number of aromatic nitrogens is 3. The molecule has 1 aliphatic heterocycles. The van der Waals surface area contributed by atoms with Crippen LogP contribution < -0.4 is 10.2 Å². The van der Waals surface area contributed by atoms with Crippen molar-refractivity contribution in [2.24, 2.45) is 0 Å². The summed E-state index contributed by atoms with van der Waals surface area (Å²) in [6.45, 7) is 3.07. The molecule has 3 rings (SSSR count). The van der Waals surface area contributed by atoms with Crippen LogP contribution in [0.2, 0.25) is 0 Å². The van der Waals surface area contributed by atoms with Crippen molar-refractivity contribution in [1.29, 1.82) is 0 Å². The molecular formula is C15H19N5O3. The maximum absolute atomic E-state index is 12.0. The molecule has 122 valence electrons. The largest absolute Gasteiger partial charge is 0.386 e. The zero-order valence-corrected chi connectivity index (χ0v) is 12.9. The fourth-order valence-electron chi connectivity index (χ4n) is 2.62. The first-order valence-electron chi connectivity index (χ1n) is 7.49. The van der Waals surface area contributed by atoms with Gasteiger partial charge in [0.15, 0.2) is 0 Å².